The van der Waals surface area contributed by atoms with Crippen molar-refractivity contribution in [1.29, 1.82) is 0 Å². The Morgan fingerprint density at radius 2 is 1.74 bits per heavy atom. The second-order valence-corrected chi connectivity index (χ2v) is 8.26. The molecule has 0 saturated heterocycles. The molecule has 0 aromatic heterocycles. The second-order valence-electron chi connectivity index (χ2n) is 6.55. The third-order valence-corrected chi connectivity index (χ3v) is 5.17. The number of hydrogen-bond acceptors (Lipinski definition) is 5. The lowest BCUT2D eigenvalue weighted by molar-refractivity contribution is -0.127. The first kappa shape index (κ1) is 22.9. The van der Waals surface area contributed by atoms with Gasteiger partial charge in [-0.15, -0.1) is 0 Å². The number of ether oxygens (including phenoxy) is 1. The number of sulfonamides is 1. The lowest BCUT2D eigenvalue weighted by atomic mass is 10.0. The Hall–Kier alpha value is -2.13. The summed E-state index contributed by atoms with van der Waals surface area (Å²) in [6.45, 7) is 6.02. The number of nitrogens with one attached hydrogen (secondary N) is 3. The monoisotopic (exact) mass is 399 g/mol. The van der Waals surface area contributed by atoms with Crippen molar-refractivity contribution in [3.63, 3.8) is 0 Å². The smallest absolute Gasteiger partial charge is 0.241 e. The van der Waals surface area contributed by atoms with Gasteiger partial charge in [0.05, 0.1) is 18.6 Å². The van der Waals surface area contributed by atoms with Crippen LogP contribution in [0.2, 0.25) is 0 Å². The van der Waals surface area contributed by atoms with Crippen LogP contribution < -0.4 is 20.1 Å². The zero-order valence-corrected chi connectivity index (χ0v) is 17.1. The summed E-state index contributed by atoms with van der Waals surface area (Å²) in [5.41, 5.74) is 0. The summed E-state index contributed by atoms with van der Waals surface area (Å²) in [7, 11) is -2.41. The summed E-state index contributed by atoms with van der Waals surface area (Å²) in [6.07, 6.45) is 1.09. The highest BCUT2D eigenvalue weighted by Gasteiger charge is 2.26. The summed E-state index contributed by atoms with van der Waals surface area (Å²) >= 11 is 0. The molecule has 1 rings (SSSR count). The van der Waals surface area contributed by atoms with Gasteiger partial charge in [0.2, 0.25) is 21.8 Å². The van der Waals surface area contributed by atoms with E-state index in [0.717, 1.165) is 6.42 Å². The number of benzene rings is 1. The molecule has 27 heavy (non-hydrogen) atoms. The van der Waals surface area contributed by atoms with Gasteiger partial charge in [0.25, 0.3) is 0 Å². The van der Waals surface area contributed by atoms with Gasteiger partial charge in [0.15, 0.2) is 0 Å². The Morgan fingerprint density at radius 3 is 2.26 bits per heavy atom. The Balaban J connectivity index is 2.82. The van der Waals surface area contributed by atoms with E-state index in [-0.39, 0.29) is 23.3 Å². The summed E-state index contributed by atoms with van der Waals surface area (Å²) in [5.74, 6) is -0.240. The fraction of sp³-hybridized carbons (Fsp3) is 0.556. The van der Waals surface area contributed by atoms with Crippen molar-refractivity contribution in [3.05, 3.63) is 24.3 Å². The molecule has 0 aliphatic carbocycles. The third-order valence-electron chi connectivity index (χ3n) is 3.69. The van der Waals surface area contributed by atoms with Crippen LogP contribution in [0.15, 0.2) is 29.2 Å². The zero-order valence-electron chi connectivity index (χ0n) is 16.2. The van der Waals surface area contributed by atoms with E-state index in [4.69, 9.17) is 4.74 Å². The van der Waals surface area contributed by atoms with Crippen molar-refractivity contribution >= 4 is 21.8 Å². The normalized spacial score (nSPS) is 12.5. The molecule has 0 radical (unpaired) electrons. The van der Waals surface area contributed by atoms with E-state index in [9.17, 15) is 18.0 Å². The molecule has 9 heteroatoms. The molecular weight excluding hydrogens is 370 g/mol. The van der Waals surface area contributed by atoms with Crippen LogP contribution in [0.25, 0.3) is 0 Å². The quantitative estimate of drug-likeness (QED) is 0.514. The topological polar surface area (TPSA) is 114 Å². The van der Waals surface area contributed by atoms with Crippen molar-refractivity contribution in [1.82, 2.24) is 15.4 Å². The molecule has 1 atom stereocenters. The van der Waals surface area contributed by atoms with Crippen molar-refractivity contribution in [2.45, 2.75) is 44.6 Å². The van der Waals surface area contributed by atoms with E-state index in [1.54, 1.807) is 0 Å². The molecule has 0 aliphatic heterocycles. The van der Waals surface area contributed by atoms with Crippen LogP contribution in [0, 0.1) is 5.92 Å². The minimum Gasteiger partial charge on any atom is -0.497 e. The van der Waals surface area contributed by atoms with Crippen molar-refractivity contribution in [2.75, 3.05) is 20.2 Å². The van der Waals surface area contributed by atoms with Gasteiger partial charge in [-0.05, 0) is 43.0 Å². The van der Waals surface area contributed by atoms with Gasteiger partial charge in [-0.3, -0.25) is 9.59 Å². The van der Waals surface area contributed by atoms with Crippen LogP contribution in [0.5, 0.6) is 5.75 Å². The number of carbonyl (C=O) groups excluding carboxylic acids is 2. The first-order valence-electron chi connectivity index (χ1n) is 8.90. The molecule has 0 unspecified atom stereocenters. The maximum atomic E-state index is 12.6. The first-order chi connectivity index (χ1) is 12.7. The molecule has 0 spiro atoms. The molecule has 3 N–H and O–H groups in total. The molecule has 0 fully saturated rings. The van der Waals surface area contributed by atoms with Crippen LogP contribution in [0.3, 0.4) is 0 Å². The van der Waals surface area contributed by atoms with Gasteiger partial charge >= 0.3 is 0 Å². The van der Waals surface area contributed by atoms with Gasteiger partial charge < -0.3 is 15.4 Å². The van der Waals surface area contributed by atoms with Gasteiger partial charge in [-0.2, -0.15) is 4.72 Å². The van der Waals surface area contributed by atoms with E-state index in [0.29, 0.717) is 18.7 Å². The molecular formula is C18H29N3O5S. The minimum atomic E-state index is -3.89. The van der Waals surface area contributed by atoms with E-state index in [1.807, 2.05) is 20.8 Å². The lowest BCUT2D eigenvalue weighted by Crippen LogP contribution is -2.49. The van der Waals surface area contributed by atoms with E-state index in [1.165, 1.54) is 31.4 Å². The number of rotatable bonds is 11. The fourth-order valence-corrected chi connectivity index (χ4v) is 3.52. The van der Waals surface area contributed by atoms with E-state index in [2.05, 4.69) is 15.4 Å². The van der Waals surface area contributed by atoms with Crippen LogP contribution >= 0.6 is 0 Å². The first-order valence-corrected chi connectivity index (χ1v) is 10.4. The third kappa shape index (κ3) is 7.96. The Morgan fingerprint density at radius 1 is 1.11 bits per heavy atom. The fourth-order valence-electron chi connectivity index (χ4n) is 2.31. The highest BCUT2D eigenvalue weighted by molar-refractivity contribution is 7.89. The molecule has 0 aliphatic rings. The van der Waals surface area contributed by atoms with E-state index < -0.39 is 22.0 Å². The SMILES string of the molecule is CCCNC(=O)CNC(=O)[C@@H](CC(C)C)NS(=O)(=O)c1ccc(OC)cc1. The van der Waals surface area contributed by atoms with Crippen LogP contribution in [0.4, 0.5) is 0 Å². The molecule has 2 amide bonds. The average Bonchev–Trinajstić information content (AvgIpc) is 2.63. The van der Waals surface area contributed by atoms with Crippen molar-refractivity contribution in [2.24, 2.45) is 5.92 Å². The Kier molecular flexibility index (Phi) is 9.23. The Bertz CT molecular complexity index is 717. The summed E-state index contributed by atoms with van der Waals surface area (Å²) in [4.78, 5) is 24.1. The van der Waals surface area contributed by atoms with Crippen molar-refractivity contribution in [3.8, 4) is 5.75 Å². The molecule has 152 valence electrons. The maximum absolute atomic E-state index is 12.6. The Labute approximate surface area is 161 Å². The molecule has 1 aromatic rings. The van der Waals surface area contributed by atoms with Gasteiger partial charge in [-0.1, -0.05) is 20.8 Å². The maximum Gasteiger partial charge on any atom is 0.241 e. The second kappa shape index (κ2) is 10.9. The van der Waals surface area contributed by atoms with Crippen LogP contribution in [-0.4, -0.2) is 46.5 Å². The van der Waals surface area contributed by atoms with Gasteiger partial charge in [-0.25, -0.2) is 8.42 Å². The number of amides is 2. The molecule has 0 bridgehead atoms. The average molecular weight is 400 g/mol. The van der Waals surface area contributed by atoms with Crippen LogP contribution in [-0.2, 0) is 19.6 Å². The summed E-state index contributed by atoms with van der Waals surface area (Å²) in [5, 5.41) is 5.14. The molecule has 0 saturated carbocycles. The van der Waals surface area contributed by atoms with Crippen molar-refractivity contribution < 1.29 is 22.7 Å². The number of hydrogen-bond donors (Lipinski definition) is 3. The molecule has 8 nitrogen and oxygen atoms in total. The number of carbonyl (C=O) groups is 2. The van der Waals surface area contributed by atoms with Gasteiger partial charge in [0.1, 0.15) is 11.8 Å². The highest BCUT2D eigenvalue weighted by Crippen LogP contribution is 2.16. The van der Waals surface area contributed by atoms with Gasteiger partial charge in [0, 0.05) is 6.54 Å². The minimum absolute atomic E-state index is 0.0329. The molecule has 1 aromatic carbocycles. The highest BCUT2D eigenvalue weighted by atomic mass is 32.2. The lowest BCUT2D eigenvalue weighted by Gasteiger charge is -2.20. The zero-order chi connectivity index (χ0) is 20.4. The predicted molar refractivity (Wildman–Crippen MR) is 103 cm³/mol. The standard InChI is InChI=1S/C18H29N3O5S/c1-5-10-19-17(22)12-20-18(23)16(11-13(2)3)21-27(24,25)15-8-6-14(26-4)7-9-15/h6-9,13,16,21H,5,10-12H2,1-4H3,(H,19,22)(H,20,23)/t16-/m1/s1. The predicted octanol–water partition coefficient (Wildman–Crippen LogP) is 1.03. The van der Waals surface area contributed by atoms with Crippen LogP contribution in [0.1, 0.15) is 33.6 Å². The number of methoxy groups -OCH3 is 1. The summed E-state index contributed by atoms with van der Waals surface area (Å²) < 4.78 is 32.6. The summed E-state index contributed by atoms with van der Waals surface area (Å²) in [6, 6.07) is 4.90. The molecule has 0 heterocycles. The largest absolute Gasteiger partial charge is 0.497 e. The van der Waals surface area contributed by atoms with E-state index >= 15 is 0 Å².